The normalized spacial score (nSPS) is 15.8. The molecule has 1 atom stereocenters. The Morgan fingerprint density at radius 1 is 1.10 bits per heavy atom. The second kappa shape index (κ2) is 9.18. The third-order valence-corrected chi connectivity index (χ3v) is 4.58. The van der Waals surface area contributed by atoms with Crippen LogP contribution in [0.4, 0.5) is 16.2 Å². The standard InChI is InChI=1S/C21H25N3O5/c1-4-29-16-7-5-15(6-8-16)24-13-14(11-20(24)25)22-21(26)23-18-10-9-17(27-2)12-19(18)28-3/h5-10,12,14H,4,11,13H2,1-3H3,(H2,22,23,26)/t14-/m1/s1. The maximum Gasteiger partial charge on any atom is 0.319 e. The zero-order chi connectivity index (χ0) is 20.8. The lowest BCUT2D eigenvalue weighted by Crippen LogP contribution is -2.39. The van der Waals surface area contributed by atoms with Crippen molar-refractivity contribution in [2.75, 3.05) is 37.6 Å². The van der Waals surface area contributed by atoms with Gasteiger partial charge in [0.1, 0.15) is 17.2 Å². The summed E-state index contributed by atoms with van der Waals surface area (Å²) in [6.07, 6.45) is 0.236. The van der Waals surface area contributed by atoms with Crippen LogP contribution in [0, 0.1) is 0 Å². The lowest BCUT2D eigenvalue weighted by atomic mass is 10.2. The van der Waals surface area contributed by atoms with Gasteiger partial charge in [0.25, 0.3) is 0 Å². The molecule has 0 aromatic heterocycles. The van der Waals surface area contributed by atoms with E-state index in [1.54, 1.807) is 30.2 Å². The Kier molecular flexibility index (Phi) is 6.43. The number of carbonyl (C=O) groups is 2. The molecule has 1 aliphatic rings. The van der Waals surface area contributed by atoms with Gasteiger partial charge in [-0.05, 0) is 43.3 Å². The van der Waals surface area contributed by atoms with Gasteiger partial charge in [-0.15, -0.1) is 0 Å². The second-order valence-corrected chi connectivity index (χ2v) is 6.50. The molecule has 2 N–H and O–H groups in total. The van der Waals surface area contributed by atoms with Gasteiger partial charge in [-0.3, -0.25) is 4.79 Å². The minimum atomic E-state index is -0.403. The van der Waals surface area contributed by atoms with Crippen molar-refractivity contribution in [2.45, 2.75) is 19.4 Å². The van der Waals surface area contributed by atoms with E-state index < -0.39 is 6.03 Å². The van der Waals surface area contributed by atoms with Crippen LogP contribution < -0.4 is 29.7 Å². The van der Waals surface area contributed by atoms with Gasteiger partial charge in [-0.25, -0.2) is 4.79 Å². The summed E-state index contributed by atoms with van der Waals surface area (Å²) in [7, 11) is 3.07. The summed E-state index contributed by atoms with van der Waals surface area (Å²) in [4.78, 5) is 26.5. The second-order valence-electron chi connectivity index (χ2n) is 6.50. The topological polar surface area (TPSA) is 89.1 Å². The predicted molar refractivity (Wildman–Crippen MR) is 110 cm³/mol. The summed E-state index contributed by atoms with van der Waals surface area (Å²) in [6.45, 7) is 2.91. The minimum Gasteiger partial charge on any atom is -0.497 e. The van der Waals surface area contributed by atoms with Crippen LogP contribution in [-0.2, 0) is 4.79 Å². The van der Waals surface area contributed by atoms with Gasteiger partial charge in [0.15, 0.2) is 0 Å². The van der Waals surface area contributed by atoms with Gasteiger partial charge in [-0.1, -0.05) is 0 Å². The van der Waals surface area contributed by atoms with E-state index in [1.807, 2.05) is 31.2 Å². The number of urea groups is 1. The van der Waals surface area contributed by atoms with E-state index in [0.29, 0.717) is 30.3 Å². The smallest absolute Gasteiger partial charge is 0.319 e. The number of nitrogens with one attached hydrogen (secondary N) is 2. The van der Waals surface area contributed by atoms with Crippen LogP contribution in [0.15, 0.2) is 42.5 Å². The van der Waals surface area contributed by atoms with Gasteiger partial charge in [0.05, 0.1) is 32.6 Å². The van der Waals surface area contributed by atoms with Gasteiger partial charge < -0.3 is 29.7 Å². The molecule has 0 radical (unpaired) electrons. The van der Waals surface area contributed by atoms with Gasteiger partial charge >= 0.3 is 6.03 Å². The van der Waals surface area contributed by atoms with Crippen LogP contribution in [0.25, 0.3) is 0 Å². The minimum absolute atomic E-state index is 0.0403. The predicted octanol–water partition coefficient (Wildman–Crippen LogP) is 3.03. The molecule has 29 heavy (non-hydrogen) atoms. The lowest BCUT2D eigenvalue weighted by Gasteiger charge is -2.18. The zero-order valence-corrected chi connectivity index (χ0v) is 16.7. The first-order chi connectivity index (χ1) is 14.0. The molecule has 8 heteroatoms. The van der Waals surface area contributed by atoms with Crippen molar-refractivity contribution in [1.29, 1.82) is 0 Å². The summed E-state index contributed by atoms with van der Waals surface area (Å²) >= 11 is 0. The Morgan fingerprint density at radius 2 is 1.83 bits per heavy atom. The highest BCUT2D eigenvalue weighted by Gasteiger charge is 2.31. The number of rotatable bonds is 7. The number of hydrogen-bond donors (Lipinski definition) is 2. The van der Waals surface area contributed by atoms with E-state index in [2.05, 4.69) is 10.6 Å². The molecule has 0 bridgehead atoms. The molecule has 154 valence electrons. The number of nitrogens with zero attached hydrogens (tertiary/aromatic N) is 1. The van der Waals surface area contributed by atoms with E-state index in [9.17, 15) is 9.59 Å². The Hall–Kier alpha value is -3.42. The molecule has 1 saturated heterocycles. The van der Waals surface area contributed by atoms with Gasteiger partial charge in [0.2, 0.25) is 5.91 Å². The fraction of sp³-hybridized carbons (Fsp3) is 0.333. The van der Waals surface area contributed by atoms with Crippen molar-refractivity contribution in [2.24, 2.45) is 0 Å². The van der Waals surface area contributed by atoms with Crippen molar-refractivity contribution < 1.29 is 23.8 Å². The van der Waals surface area contributed by atoms with E-state index in [0.717, 1.165) is 11.4 Å². The first-order valence-electron chi connectivity index (χ1n) is 9.36. The average Bonchev–Trinajstić information content (AvgIpc) is 3.08. The molecule has 8 nitrogen and oxygen atoms in total. The van der Waals surface area contributed by atoms with Crippen molar-refractivity contribution in [3.05, 3.63) is 42.5 Å². The lowest BCUT2D eigenvalue weighted by molar-refractivity contribution is -0.117. The average molecular weight is 399 g/mol. The van der Waals surface area contributed by atoms with Crippen LogP contribution in [0.2, 0.25) is 0 Å². The van der Waals surface area contributed by atoms with Crippen LogP contribution in [0.5, 0.6) is 17.2 Å². The number of anilines is 2. The highest BCUT2D eigenvalue weighted by molar-refractivity contribution is 5.98. The van der Waals surface area contributed by atoms with Crippen molar-refractivity contribution >= 4 is 23.3 Å². The largest absolute Gasteiger partial charge is 0.497 e. The first-order valence-corrected chi connectivity index (χ1v) is 9.36. The molecular weight excluding hydrogens is 374 g/mol. The molecule has 0 aliphatic carbocycles. The fourth-order valence-corrected chi connectivity index (χ4v) is 3.19. The van der Waals surface area contributed by atoms with Crippen molar-refractivity contribution in [3.63, 3.8) is 0 Å². The number of carbonyl (C=O) groups excluding carboxylic acids is 2. The number of benzene rings is 2. The Morgan fingerprint density at radius 3 is 2.48 bits per heavy atom. The Labute approximate surface area is 169 Å². The fourth-order valence-electron chi connectivity index (χ4n) is 3.19. The Balaban J connectivity index is 1.60. The van der Waals surface area contributed by atoms with E-state index >= 15 is 0 Å². The van der Waals surface area contributed by atoms with Crippen LogP contribution in [0.1, 0.15) is 13.3 Å². The summed E-state index contributed by atoms with van der Waals surface area (Å²) in [5, 5.41) is 5.60. The van der Waals surface area contributed by atoms with Crippen molar-refractivity contribution in [3.8, 4) is 17.2 Å². The van der Waals surface area contributed by atoms with E-state index in [-0.39, 0.29) is 18.4 Å². The van der Waals surface area contributed by atoms with Gasteiger partial charge in [0, 0.05) is 24.7 Å². The third kappa shape index (κ3) is 4.90. The van der Waals surface area contributed by atoms with E-state index in [4.69, 9.17) is 14.2 Å². The highest BCUT2D eigenvalue weighted by atomic mass is 16.5. The monoisotopic (exact) mass is 399 g/mol. The molecule has 0 spiro atoms. The molecule has 2 aromatic carbocycles. The molecule has 2 aromatic rings. The van der Waals surface area contributed by atoms with Crippen LogP contribution in [0.3, 0.4) is 0 Å². The summed E-state index contributed by atoms with van der Waals surface area (Å²) < 4.78 is 15.9. The first kappa shape index (κ1) is 20.3. The number of ether oxygens (including phenoxy) is 3. The summed E-state index contributed by atoms with van der Waals surface area (Å²) in [5.74, 6) is 1.82. The SMILES string of the molecule is CCOc1ccc(N2C[C@H](NC(=O)Nc3ccc(OC)cc3OC)CC2=O)cc1. The molecule has 1 aliphatic heterocycles. The van der Waals surface area contributed by atoms with E-state index in [1.165, 1.54) is 7.11 Å². The molecule has 1 fully saturated rings. The Bertz CT molecular complexity index is 869. The molecule has 0 saturated carbocycles. The van der Waals surface area contributed by atoms with Gasteiger partial charge in [-0.2, -0.15) is 0 Å². The van der Waals surface area contributed by atoms with Crippen LogP contribution >= 0.6 is 0 Å². The molecule has 3 amide bonds. The molecular formula is C21H25N3O5. The number of amides is 3. The molecule has 1 heterocycles. The van der Waals surface area contributed by atoms with Crippen molar-refractivity contribution in [1.82, 2.24) is 5.32 Å². The quantitative estimate of drug-likeness (QED) is 0.747. The maximum atomic E-state index is 12.4. The summed E-state index contributed by atoms with van der Waals surface area (Å²) in [5.41, 5.74) is 1.29. The third-order valence-electron chi connectivity index (χ3n) is 4.58. The molecule has 3 rings (SSSR count). The zero-order valence-electron chi connectivity index (χ0n) is 16.7. The number of methoxy groups -OCH3 is 2. The maximum absolute atomic E-state index is 12.4. The highest BCUT2D eigenvalue weighted by Crippen LogP contribution is 2.29. The summed E-state index contributed by atoms with van der Waals surface area (Å²) in [6, 6.07) is 11.8. The van der Waals surface area contributed by atoms with Crippen LogP contribution in [-0.4, -0.2) is 45.4 Å². The number of hydrogen-bond acceptors (Lipinski definition) is 5. The molecule has 0 unspecified atom stereocenters.